The van der Waals surface area contributed by atoms with Crippen molar-refractivity contribution >= 4 is 37.8 Å². The molecule has 0 radical (unpaired) electrons. The summed E-state index contributed by atoms with van der Waals surface area (Å²) in [6, 6.07) is 0. The van der Waals surface area contributed by atoms with Crippen LogP contribution in [0.3, 0.4) is 0 Å². The van der Waals surface area contributed by atoms with Crippen LogP contribution in [0.25, 0.3) is 0 Å². The van der Waals surface area contributed by atoms with E-state index in [0.717, 1.165) is 20.5 Å². The average Bonchev–Trinajstić information content (AvgIpc) is 2.60. The largest absolute Gasteiger partial charge is 0.424 e. The molecule has 1 unspecified atom stereocenters. The normalized spacial score (nSPS) is 13.3. The smallest absolute Gasteiger partial charge is 0.146 e. The molecule has 0 aromatic carbocycles. The summed E-state index contributed by atoms with van der Waals surface area (Å²) in [4.78, 5) is 0. The van der Waals surface area contributed by atoms with Crippen LogP contribution in [0, 0.1) is 17.3 Å². The fourth-order valence-corrected chi connectivity index (χ4v) is 2.91. The Morgan fingerprint density at radius 2 is 2.20 bits per heavy atom. The number of hydrogen-bond acceptors (Lipinski definition) is 2. The van der Waals surface area contributed by atoms with Crippen LogP contribution in [-0.2, 0) is 4.43 Å². The van der Waals surface area contributed by atoms with Gasteiger partial charge in [0.05, 0.1) is 11.5 Å². The standard InChI is InChI=1S/C11H15BrOSSi/c1-8(13-15)11(2,3)5-4-9-6-14-7-10(9)12/h6-8H,1-3,15H3. The Bertz CT molecular complexity index is 389. The van der Waals surface area contributed by atoms with Gasteiger partial charge in [0.2, 0.25) is 0 Å². The van der Waals surface area contributed by atoms with Gasteiger partial charge in [-0.3, -0.25) is 0 Å². The second-order valence-electron chi connectivity index (χ2n) is 3.98. The molecule has 1 nitrogen and oxygen atoms in total. The molecule has 1 aromatic rings. The molecule has 0 amide bonds. The molecule has 1 atom stereocenters. The molecule has 0 saturated carbocycles. The van der Waals surface area contributed by atoms with Gasteiger partial charge in [0.1, 0.15) is 10.5 Å². The van der Waals surface area contributed by atoms with Crippen molar-refractivity contribution in [1.82, 2.24) is 0 Å². The SMILES string of the molecule is CC(O[SiH3])C(C)(C)C#Cc1cscc1Br. The highest BCUT2D eigenvalue weighted by Crippen LogP contribution is 2.24. The van der Waals surface area contributed by atoms with E-state index < -0.39 is 0 Å². The Morgan fingerprint density at radius 3 is 2.67 bits per heavy atom. The number of hydrogen-bond donors (Lipinski definition) is 0. The third-order valence-electron chi connectivity index (χ3n) is 2.50. The lowest BCUT2D eigenvalue weighted by atomic mass is 9.88. The van der Waals surface area contributed by atoms with Crippen LogP contribution in [0.15, 0.2) is 15.2 Å². The molecular weight excluding hydrogens is 288 g/mol. The molecule has 1 rings (SSSR count). The predicted molar refractivity (Wildman–Crippen MR) is 73.2 cm³/mol. The predicted octanol–water partition coefficient (Wildman–Crippen LogP) is 2.57. The average molecular weight is 303 g/mol. The Kier molecular flexibility index (Phi) is 4.59. The summed E-state index contributed by atoms with van der Waals surface area (Å²) in [5, 5.41) is 4.10. The van der Waals surface area contributed by atoms with Gasteiger partial charge in [-0.25, -0.2) is 0 Å². The monoisotopic (exact) mass is 302 g/mol. The summed E-state index contributed by atoms with van der Waals surface area (Å²) in [7, 11) is 0.760. The Hall–Kier alpha value is -0.0831. The van der Waals surface area contributed by atoms with Gasteiger partial charge in [0, 0.05) is 20.8 Å². The summed E-state index contributed by atoms with van der Waals surface area (Å²) in [5.74, 6) is 6.47. The second kappa shape index (κ2) is 5.31. The van der Waals surface area contributed by atoms with Crippen LogP contribution in [-0.4, -0.2) is 16.6 Å². The zero-order valence-corrected chi connectivity index (χ0v) is 13.8. The molecule has 1 aromatic heterocycles. The summed E-state index contributed by atoms with van der Waals surface area (Å²) < 4.78 is 6.52. The maximum atomic E-state index is 5.44. The van der Waals surface area contributed by atoms with Crippen molar-refractivity contribution in [2.75, 3.05) is 0 Å². The highest BCUT2D eigenvalue weighted by molar-refractivity contribution is 9.10. The molecule has 82 valence electrons. The number of rotatable bonds is 2. The van der Waals surface area contributed by atoms with Crippen molar-refractivity contribution in [2.24, 2.45) is 5.41 Å². The first kappa shape index (κ1) is 13.0. The highest BCUT2D eigenvalue weighted by Gasteiger charge is 2.22. The van der Waals surface area contributed by atoms with Crippen molar-refractivity contribution in [1.29, 1.82) is 0 Å². The van der Waals surface area contributed by atoms with E-state index in [-0.39, 0.29) is 11.5 Å². The lowest BCUT2D eigenvalue weighted by Crippen LogP contribution is -2.27. The lowest BCUT2D eigenvalue weighted by molar-refractivity contribution is 0.144. The van der Waals surface area contributed by atoms with E-state index in [2.05, 4.69) is 53.9 Å². The van der Waals surface area contributed by atoms with Crippen molar-refractivity contribution in [3.8, 4) is 11.8 Å². The molecule has 0 saturated heterocycles. The molecule has 0 aliphatic heterocycles. The molecule has 0 fully saturated rings. The molecule has 4 heteroatoms. The summed E-state index contributed by atoms with van der Waals surface area (Å²) >= 11 is 5.13. The molecule has 1 heterocycles. The lowest BCUT2D eigenvalue weighted by Gasteiger charge is -2.25. The van der Waals surface area contributed by atoms with E-state index in [1.807, 2.05) is 5.38 Å². The molecule has 0 N–H and O–H groups in total. The Morgan fingerprint density at radius 1 is 1.53 bits per heavy atom. The molecule has 15 heavy (non-hydrogen) atoms. The molecule has 0 spiro atoms. The quantitative estimate of drug-likeness (QED) is 0.603. The third kappa shape index (κ3) is 3.46. The van der Waals surface area contributed by atoms with E-state index in [9.17, 15) is 0 Å². The first-order valence-electron chi connectivity index (χ1n) is 4.75. The highest BCUT2D eigenvalue weighted by atomic mass is 79.9. The van der Waals surface area contributed by atoms with Crippen LogP contribution in [0.1, 0.15) is 26.3 Å². The minimum Gasteiger partial charge on any atom is -0.424 e. The molecule has 0 aliphatic carbocycles. The third-order valence-corrected chi connectivity index (χ3v) is 4.91. The van der Waals surface area contributed by atoms with Crippen LogP contribution >= 0.6 is 27.3 Å². The number of thiophene rings is 1. The van der Waals surface area contributed by atoms with Crippen LogP contribution in [0.5, 0.6) is 0 Å². The van der Waals surface area contributed by atoms with Gasteiger partial charge in [0.25, 0.3) is 0 Å². The summed E-state index contributed by atoms with van der Waals surface area (Å²) in [5.41, 5.74) is 0.969. The molecule has 0 aliphatic rings. The van der Waals surface area contributed by atoms with Gasteiger partial charge in [-0.1, -0.05) is 11.8 Å². The topological polar surface area (TPSA) is 9.23 Å². The summed E-state index contributed by atoms with van der Waals surface area (Å²) in [6.45, 7) is 6.30. The van der Waals surface area contributed by atoms with Gasteiger partial charge in [-0.2, -0.15) is 0 Å². The molecule has 0 bridgehead atoms. The van der Waals surface area contributed by atoms with E-state index in [1.165, 1.54) is 0 Å². The van der Waals surface area contributed by atoms with Crippen molar-refractivity contribution < 1.29 is 4.43 Å². The van der Waals surface area contributed by atoms with Crippen molar-refractivity contribution in [3.05, 3.63) is 20.8 Å². The van der Waals surface area contributed by atoms with Crippen molar-refractivity contribution in [2.45, 2.75) is 26.9 Å². The maximum absolute atomic E-state index is 5.44. The van der Waals surface area contributed by atoms with E-state index in [4.69, 9.17) is 4.43 Å². The van der Waals surface area contributed by atoms with Gasteiger partial charge < -0.3 is 4.43 Å². The Labute approximate surface area is 107 Å². The van der Waals surface area contributed by atoms with Gasteiger partial charge in [-0.15, -0.1) is 11.3 Å². The molecular formula is C11H15BrOSSi. The van der Waals surface area contributed by atoms with Gasteiger partial charge >= 0.3 is 0 Å². The van der Waals surface area contributed by atoms with E-state index in [0.29, 0.717) is 0 Å². The van der Waals surface area contributed by atoms with E-state index in [1.54, 1.807) is 11.3 Å². The fourth-order valence-electron chi connectivity index (χ4n) is 0.995. The minimum absolute atomic E-state index is 0.0941. The second-order valence-corrected chi connectivity index (χ2v) is 6.05. The Balaban J connectivity index is 2.86. The van der Waals surface area contributed by atoms with E-state index >= 15 is 0 Å². The van der Waals surface area contributed by atoms with Crippen molar-refractivity contribution in [3.63, 3.8) is 0 Å². The van der Waals surface area contributed by atoms with Crippen LogP contribution in [0.4, 0.5) is 0 Å². The zero-order chi connectivity index (χ0) is 11.5. The summed E-state index contributed by atoms with van der Waals surface area (Å²) in [6.07, 6.45) is 0.189. The number of halogens is 1. The minimum atomic E-state index is -0.0941. The zero-order valence-electron chi connectivity index (χ0n) is 9.43. The van der Waals surface area contributed by atoms with Crippen LogP contribution < -0.4 is 0 Å². The maximum Gasteiger partial charge on any atom is 0.146 e. The first-order valence-corrected chi connectivity index (χ1v) is 7.30. The van der Waals surface area contributed by atoms with Crippen LogP contribution in [0.2, 0.25) is 0 Å². The first-order chi connectivity index (χ1) is 6.97. The van der Waals surface area contributed by atoms with Gasteiger partial charge in [0.15, 0.2) is 0 Å². The van der Waals surface area contributed by atoms with Gasteiger partial charge in [-0.05, 0) is 36.7 Å². The fraction of sp³-hybridized carbons (Fsp3) is 0.455.